The lowest BCUT2D eigenvalue weighted by Crippen LogP contribution is -2.26. The van der Waals surface area contributed by atoms with E-state index in [1.807, 2.05) is 0 Å². The molecule has 1 fully saturated rings. The zero-order valence-electron chi connectivity index (χ0n) is 12.2. The van der Waals surface area contributed by atoms with Gasteiger partial charge in [-0.05, 0) is 57.8 Å². The molecule has 1 N–H and O–H groups in total. The Morgan fingerprint density at radius 1 is 1.12 bits per heavy atom. The van der Waals surface area contributed by atoms with E-state index in [2.05, 4.69) is 31.0 Å². The Bertz CT molecular complexity index is 176. The van der Waals surface area contributed by atoms with Crippen molar-refractivity contribution < 1.29 is 0 Å². The van der Waals surface area contributed by atoms with Crippen molar-refractivity contribution in [1.29, 1.82) is 0 Å². The fraction of sp³-hybridized carbons (Fsp3) is 1.00. The minimum absolute atomic E-state index is 0.784. The highest BCUT2D eigenvalue weighted by molar-refractivity contribution is 4.83. The van der Waals surface area contributed by atoms with E-state index < -0.39 is 0 Å². The minimum atomic E-state index is 0.784. The topological polar surface area (TPSA) is 15.3 Å². The first-order valence-electron chi connectivity index (χ1n) is 7.68. The maximum absolute atomic E-state index is 3.51. The van der Waals surface area contributed by atoms with Crippen molar-refractivity contribution in [3.05, 3.63) is 0 Å². The van der Waals surface area contributed by atoms with Gasteiger partial charge in [0.15, 0.2) is 0 Å². The lowest BCUT2D eigenvalue weighted by molar-refractivity contribution is 0.270. The number of hydrogen-bond donors (Lipinski definition) is 1. The molecule has 17 heavy (non-hydrogen) atoms. The van der Waals surface area contributed by atoms with Crippen LogP contribution in [0.3, 0.4) is 0 Å². The number of nitrogens with one attached hydrogen (secondary N) is 1. The van der Waals surface area contributed by atoms with E-state index in [4.69, 9.17) is 0 Å². The van der Waals surface area contributed by atoms with Crippen LogP contribution >= 0.6 is 0 Å². The molecule has 0 aromatic carbocycles. The van der Waals surface area contributed by atoms with E-state index in [-0.39, 0.29) is 0 Å². The zero-order valence-corrected chi connectivity index (χ0v) is 12.2. The fourth-order valence-electron chi connectivity index (χ4n) is 2.35. The number of unbranched alkanes of at least 4 members (excludes halogenated alkanes) is 3. The van der Waals surface area contributed by atoms with E-state index in [1.54, 1.807) is 0 Å². The first-order chi connectivity index (χ1) is 8.24. The second kappa shape index (κ2) is 8.93. The van der Waals surface area contributed by atoms with Crippen LogP contribution in [0.15, 0.2) is 0 Å². The van der Waals surface area contributed by atoms with Gasteiger partial charge in [0.05, 0.1) is 0 Å². The molecule has 0 aliphatic heterocycles. The zero-order chi connectivity index (χ0) is 12.5. The van der Waals surface area contributed by atoms with Crippen molar-refractivity contribution >= 4 is 0 Å². The quantitative estimate of drug-likeness (QED) is 0.558. The molecule has 0 bridgehead atoms. The van der Waals surface area contributed by atoms with Crippen molar-refractivity contribution in [2.45, 2.75) is 65.3 Å². The van der Waals surface area contributed by atoms with Gasteiger partial charge >= 0.3 is 0 Å². The molecule has 2 heteroatoms. The SMILES string of the molecule is CCN(CCCCCCNCC(C)C)C1CC1. The fourth-order valence-corrected chi connectivity index (χ4v) is 2.35. The summed E-state index contributed by atoms with van der Waals surface area (Å²) in [7, 11) is 0. The molecule has 0 amide bonds. The number of rotatable bonds is 11. The van der Waals surface area contributed by atoms with Crippen LogP contribution in [0.4, 0.5) is 0 Å². The Balaban J connectivity index is 1.80. The Hall–Kier alpha value is -0.0800. The summed E-state index contributed by atoms with van der Waals surface area (Å²) in [4.78, 5) is 2.66. The van der Waals surface area contributed by atoms with Crippen LogP contribution in [0.25, 0.3) is 0 Å². The van der Waals surface area contributed by atoms with Crippen LogP contribution in [-0.4, -0.2) is 37.1 Å². The molecule has 1 rings (SSSR count). The minimum Gasteiger partial charge on any atom is -0.316 e. The molecule has 0 aromatic heterocycles. The van der Waals surface area contributed by atoms with Gasteiger partial charge in [0.1, 0.15) is 0 Å². The predicted octanol–water partition coefficient (Wildman–Crippen LogP) is 3.28. The lowest BCUT2D eigenvalue weighted by atomic mass is 10.1. The molecule has 0 unspecified atom stereocenters. The highest BCUT2D eigenvalue weighted by atomic mass is 15.2. The number of nitrogens with zero attached hydrogens (tertiary/aromatic N) is 1. The normalized spacial score (nSPS) is 16.1. The van der Waals surface area contributed by atoms with Crippen molar-refractivity contribution in [1.82, 2.24) is 10.2 Å². The Morgan fingerprint density at radius 2 is 1.82 bits per heavy atom. The molecule has 0 heterocycles. The van der Waals surface area contributed by atoms with Gasteiger partial charge < -0.3 is 10.2 Å². The van der Waals surface area contributed by atoms with Crippen LogP contribution in [0.5, 0.6) is 0 Å². The maximum atomic E-state index is 3.51. The molecule has 102 valence electrons. The van der Waals surface area contributed by atoms with E-state index >= 15 is 0 Å². The van der Waals surface area contributed by atoms with Crippen LogP contribution in [0.2, 0.25) is 0 Å². The summed E-state index contributed by atoms with van der Waals surface area (Å²) in [6.07, 6.45) is 8.45. The van der Waals surface area contributed by atoms with Crippen molar-refractivity contribution in [2.24, 2.45) is 5.92 Å². The van der Waals surface area contributed by atoms with E-state index in [0.717, 1.165) is 12.0 Å². The summed E-state index contributed by atoms with van der Waals surface area (Å²) in [5, 5.41) is 3.51. The third kappa shape index (κ3) is 7.77. The summed E-state index contributed by atoms with van der Waals surface area (Å²) in [6.45, 7) is 11.8. The third-order valence-electron chi connectivity index (χ3n) is 3.57. The largest absolute Gasteiger partial charge is 0.316 e. The summed E-state index contributed by atoms with van der Waals surface area (Å²) in [6, 6.07) is 0.952. The Morgan fingerprint density at radius 3 is 2.41 bits per heavy atom. The molecule has 0 atom stereocenters. The first-order valence-corrected chi connectivity index (χ1v) is 7.68. The van der Waals surface area contributed by atoms with Crippen LogP contribution in [-0.2, 0) is 0 Å². The summed E-state index contributed by atoms with van der Waals surface area (Å²) < 4.78 is 0. The maximum Gasteiger partial charge on any atom is 0.00963 e. The van der Waals surface area contributed by atoms with Crippen molar-refractivity contribution in [3.8, 4) is 0 Å². The molecular formula is C15H32N2. The average Bonchev–Trinajstić information content (AvgIpc) is 3.11. The Labute approximate surface area is 108 Å². The van der Waals surface area contributed by atoms with Crippen molar-refractivity contribution in [2.75, 3.05) is 26.2 Å². The van der Waals surface area contributed by atoms with Gasteiger partial charge in [-0.2, -0.15) is 0 Å². The molecule has 1 aliphatic carbocycles. The monoisotopic (exact) mass is 240 g/mol. The van der Waals surface area contributed by atoms with Crippen LogP contribution < -0.4 is 5.32 Å². The van der Waals surface area contributed by atoms with Gasteiger partial charge in [-0.3, -0.25) is 0 Å². The summed E-state index contributed by atoms with van der Waals surface area (Å²) >= 11 is 0. The van der Waals surface area contributed by atoms with Gasteiger partial charge in [0.2, 0.25) is 0 Å². The van der Waals surface area contributed by atoms with E-state index in [9.17, 15) is 0 Å². The average molecular weight is 240 g/mol. The standard InChI is InChI=1S/C15H32N2/c1-4-17(15-9-10-15)12-8-6-5-7-11-16-13-14(2)3/h14-16H,4-13H2,1-3H3. The molecular weight excluding hydrogens is 208 g/mol. The molecule has 0 radical (unpaired) electrons. The third-order valence-corrected chi connectivity index (χ3v) is 3.57. The van der Waals surface area contributed by atoms with Gasteiger partial charge in [-0.25, -0.2) is 0 Å². The molecule has 0 spiro atoms. The molecule has 1 saturated carbocycles. The van der Waals surface area contributed by atoms with Gasteiger partial charge in [0, 0.05) is 6.04 Å². The Kier molecular flexibility index (Phi) is 7.87. The van der Waals surface area contributed by atoms with Gasteiger partial charge in [-0.1, -0.05) is 33.6 Å². The summed E-state index contributed by atoms with van der Waals surface area (Å²) in [5.41, 5.74) is 0. The lowest BCUT2D eigenvalue weighted by Gasteiger charge is -2.19. The van der Waals surface area contributed by atoms with Gasteiger partial charge in [0.25, 0.3) is 0 Å². The smallest absolute Gasteiger partial charge is 0.00963 e. The highest BCUT2D eigenvalue weighted by Gasteiger charge is 2.26. The summed E-state index contributed by atoms with van der Waals surface area (Å²) in [5.74, 6) is 0.784. The highest BCUT2D eigenvalue weighted by Crippen LogP contribution is 2.26. The molecule has 0 saturated heterocycles. The van der Waals surface area contributed by atoms with Gasteiger partial charge in [-0.15, -0.1) is 0 Å². The first kappa shape index (κ1) is 15.0. The van der Waals surface area contributed by atoms with Crippen LogP contribution in [0, 0.1) is 5.92 Å². The predicted molar refractivity (Wildman–Crippen MR) is 76.4 cm³/mol. The second-order valence-corrected chi connectivity index (χ2v) is 5.87. The van der Waals surface area contributed by atoms with Crippen molar-refractivity contribution in [3.63, 3.8) is 0 Å². The van der Waals surface area contributed by atoms with E-state index in [0.29, 0.717) is 0 Å². The number of hydrogen-bond acceptors (Lipinski definition) is 2. The van der Waals surface area contributed by atoms with E-state index in [1.165, 1.54) is 64.7 Å². The molecule has 0 aromatic rings. The van der Waals surface area contributed by atoms with Crippen LogP contribution in [0.1, 0.15) is 59.3 Å². The molecule has 2 nitrogen and oxygen atoms in total. The second-order valence-electron chi connectivity index (χ2n) is 5.87. The molecule has 1 aliphatic rings.